The molecule has 1 saturated carbocycles. The van der Waals surface area contributed by atoms with Crippen molar-refractivity contribution in [2.75, 3.05) is 13.6 Å². The van der Waals surface area contributed by atoms with E-state index in [1.807, 2.05) is 0 Å². The molecular weight excluding hydrogens is 319 g/mol. The molecule has 0 radical (unpaired) electrons. The average molecular weight is 335 g/mol. The van der Waals surface area contributed by atoms with Crippen molar-refractivity contribution in [2.24, 2.45) is 11.1 Å². The minimum absolute atomic E-state index is 0.192. The molecule has 0 heterocycles. The number of carbonyl (C=O) groups excluding carboxylic acids is 1. The lowest BCUT2D eigenvalue weighted by Crippen LogP contribution is -2.34. The topological polar surface area (TPSA) is 80.5 Å². The van der Waals surface area contributed by atoms with Crippen LogP contribution < -0.4 is 5.14 Å². The molecule has 0 spiro atoms. The molecule has 0 aliphatic heterocycles. The van der Waals surface area contributed by atoms with Crippen LogP contribution >= 0.6 is 11.6 Å². The van der Waals surface area contributed by atoms with E-state index in [0.717, 1.165) is 25.3 Å². The first-order valence-electron chi connectivity index (χ1n) is 6.47. The van der Waals surface area contributed by atoms with Crippen molar-refractivity contribution in [1.29, 1.82) is 0 Å². The smallest absolute Gasteiger partial charge is 0.255 e. The lowest BCUT2D eigenvalue weighted by molar-refractivity contribution is 0.0744. The van der Waals surface area contributed by atoms with Crippen LogP contribution in [0.4, 0.5) is 4.39 Å². The zero-order valence-corrected chi connectivity index (χ0v) is 13.0. The average Bonchev–Trinajstić information content (AvgIpc) is 2.34. The Morgan fingerprint density at radius 2 is 2.10 bits per heavy atom. The van der Waals surface area contributed by atoms with Crippen LogP contribution in [0.5, 0.6) is 0 Å². The van der Waals surface area contributed by atoms with Gasteiger partial charge in [-0.1, -0.05) is 18.0 Å². The number of hydrogen-bond acceptors (Lipinski definition) is 3. The molecule has 5 nitrogen and oxygen atoms in total. The molecule has 116 valence electrons. The second kappa shape index (κ2) is 5.90. The third-order valence-electron chi connectivity index (χ3n) is 3.66. The molecule has 0 bridgehead atoms. The van der Waals surface area contributed by atoms with Crippen LogP contribution in [0.2, 0.25) is 5.02 Å². The Hall–Kier alpha value is -1.18. The van der Waals surface area contributed by atoms with Gasteiger partial charge in [-0.05, 0) is 30.9 Å². The lowest BCUT2D eigenvalue weighted by Gasteiger charge is -2.30. The third-order valence-corrected chi connectivity index (χ3v) is 4.94. The summed E-state index contributed by atoms with van der Waals surface area (Å²) in [5.41, 5.74) is -0.192. The molecule has 8 heteroatoms. The molecule has 0 saturated heterocycles. The summed E-state index contributed by atoms with van der Waals surface area (Å²) in [5.74, 6) is -1.07. The first-order chi connectivity index (χ1) is 9.70. The van der Waals surface area contributed by atoms with Crippen LogP contribution in [0.15, 0.2) is 17.0 Å². The van der Waals surface area contributed by atoms with Gasteiger partial charge in [-0.15, -0.1) is 0 Å². The summed E-state index contributed by atoms with van der Waals surface area (Å²) in [6.45, 7) is 0.538. The Bertz CT molecular complexity index is 674. The standard InChI is InChI=1S/C13H16ClFN2O3S/c1-17(7-8-3-2-4-8)13(18)10-5-9(21(16,19)20)6-11(15)12(10)14/h5-6,8H,2-4,7H2,1H3,(H2,16,19,20). The molecule has 1 amide bonds. The molecule has 0 unspecified atom stereocenters. The van der Waals surface area contributed by atoms with Gasteiger partial charge in [0, 0.05) is 13.6 Å². The highest BCUT2D eigenvalue weighted by atomic mass is 35.5. The second-order valence-electron chi connectivity index (χ2n) is 5.29. The van der Waals surface area contributed by atoms with E-state index in [0.29, 0.717) is 18.5 Å². The van der Waals surface area contributed by atoms with E-state index in [-0.39, 0.29) is 5.56 Å². The molecule has 1 fully saturated rings. The molecule has 2 rings (SSSR count). The zero-order valence-electron chi connectivity index (χ0n) is 11.5. The van der Waals surface area contributed by atoms with Crippen molar-refractivity contribution in [3.8, 4) is 0 Å². The fourth-order valence-electron chi connectivity index (χ4n) is 2.24. The minimum atomic E-state index is -4.11. The number of benzene rings is 1. The van der Waals surface area contributed by atoms with Gasteiger partial charge in [-0.2, -0.15) is 0 Å². The van der Waals surface area contributed by atoms with Crippen LogP contribution in [0.3, 0.4) is 0 Å². The predicted molar refractivity (Wildman–Crippen MR) is 77.1 cm³/mol. The maximum atomic E-state index is 13.7. The number of hydrogen-bond donors (Lipinski definition) is 1. The maximum absolute atomic E-state index is 13.7. The van der Waals surface area contributed by atoms with Gasteiger partial charge < -0.3 is 4.90 Å². The van der Waals surface area contributed by atoms with Crippen molar-refractivity contribution < 1.29 is 17.6 Å². The van der Waals surface area contributed by atoms with Crippen molar-refractivity contribution in [1.82, 2.24) is 4.90 Å². The second-order valence-corrected chi connectivity index (χ2v) is 7.23. The first kappa shape index (κ1) is 16.2. The Morgan fingerprint density at radius 3 is 2.57 bits per heavy atom. The Kier molecular flexibility index (Phi) is 4.55. The van der Waals surface area contributed by atoms with E-state index in [9.17, 15) is 17.6 Å². The van der Waals surface area contributed by atoms with E-state index in [1.54, 1.807) is 7.05 Å². The fraction of sp³-hybridized carbons (Fsp3) is 0.462. The normalized spacial score (nSPS) is 15.6. The number of nitrogens with two attached hydrogens (primary N) is 1. The number of rotatable bonds is 4. The lowest BCUT2D eigenvalue weighted by atomic mass is 9.85. The van der Waals surface area contributed by atoms with Gasteiger partial charge in [-0.25, -0.2) is 17.9 Å². The fourth-order valence-corrected chi connectivity index (χ4v) is 2.98. The molecule has 21 heavy (non-hydrogen) atoms. The van der Waals surface area contributed by atoms with Crippen LogP contribution in [0, 0.1) is 11.7 Å². The minimum Gasteiger partial charge on any atom is -0.341 e. The molecule has 0 atom stereocenters. The number of primary sulfonamides is 1. The highest BCUT2D eigenvalue weighted by molar-refractivity contribution is 7.89. The summed E-state index contributed by atoms with van der Waals surface area (Å²) in [4.78, 5) is 13.3. The van der Waals surface area contributed by atoms with Gasteiger partial charge in [-0.3, -0.25) is 4.79 Å². The van der Waals surface area contributed by atoms with E-state index < -0.39 is 31.7 Å². The monoisotopic (exact) mass is 334 g/mol. The molecule has 0 aromatic heterocycles. The third kappa shape index (κ3) is 3.53. The summed E-state index contributed by atoms with van der Waals surface area (Å²) in [6.07, 6.45) is 3.25. The van der Waals surface area contributed by atoms with E-state index in [4.69, 9.17) is 16.7 Å². The van der Waals surface area contributed by atoms with Crippen LogP contribution in [-0.4, -0.2) is 32.8 Å². The quantitative estimate of drug-likeness (QED) is 0.914. The van der Waals surface area contributed by atoms with Gasteiger partial charge in [0.25, 0.3) is 5.91 Å². The van der Waals surface area contributed by atoms with Crippen molar-refractivity contribution in [2.45, 2.75) is 24.2 Å². The Balaban J connectivity index is 2.33. The number of halogens is 2. The SMILES string of the molecule is CN(CC1CCC1)C(=O)c1cc(S(N)(=O)=O)cc(F)c1Cl. The highest BCUT2D eigenvalue weighted by Gasteiger charge is 2.25. The predicted octanol–water partition coefficient (Wildman–Crippen LogP) is 2.00. The van der Waals surface area contributed by atoms with Gasteiger partial charge in [0.05, 0.1) is 15.5 Å². The van der Waals surface area contributed by atoms with E-state index >= 15 is 0 Å². The van der Waals surface area contributed by atoms with Crippen LogP contribution in [-0.2, 0) is 10.0 Å². The van der Waals surface area contributed by atoms with Crippen LogP contribution in [0.1, 0.15) is 29.6 Å². The Morgan fingerprint density at radius 1 is 1.48 bits per heavy atom. The maximum Gasteiger partial charge on any atom is 0.255 e. The summed E-state index contributed by atoms with van der Waals surface area (Å²) in [5, 5.41) is 4.57. The van der Waals surface area contributed by atoms with Crippen molar-refractivity contribution in [3.05, 3.63) is 28.5 Å². The molecule has 1 aromatic rings. The number of carbonyl (C=O) groups is 1. The summed E-state index contributed by atoms with van der Waals surface area (Å²) in [6, 6.07) is 1.72. The van der Waals surface area contributed by atoms with Gasteiger partial charge in [0.2, 0.25) is 10.0 Å². The number of nitrogens with zero attached hydrogens (tertiary/aromatic N) is 1. The highest BCUT2D eigenvalue weighted by Crippen LogP contribution is 2.29. The molecule has 1 aromatic carbocycles. The number of amides is 1. The van der Waals surface area contributed by atoms with Crippen molar-refractivity contribution in [3.63, 3.8) is 0 Å². The summed E-state index contributed by atoms with van der Waals surface area (Å²) in [7, 11) is -2.53. The molecular formula is C13H16ClFN2O3S. The Labute approximate surface area is 127 Å². The van der Waals surface area contributed by atoms with E-state index in [1.165, 1.54) is 4.90 Å². The van der Waals surface area contributed by atoms with Crippen LogP contribution in [0.25, 0.3) is 0 Å². The summed E-state index contributed by atoms with van der Waals surface area (Å²) < 4.78 is 36.3. The van der Waals surface area contributed by atoms with Gasteiger partial charge in [0.15, 0.2) is 0 Å². The van der Waals surface area contributed by atoms with E-state index in [2.05, 4.69) is 0 Å². The molecule has 1 aliphatic rings. The largest absolute Gasteiger partial charge is 0.341 e. The number of sulfonamides is 1. The zero-order chi connectivity index (χ0) is 15.8. The first-order valence-corrected chi connectivity index (χ1v) is 8.40. The van der Waals surface area contributed by atoms with Gasteiger partial charge >= 0.3 is 0 Å². The summed E-state index contributed by atoms with van der Waals surface area (Å²) >= 11 is 5.78. The molecule has 1 aliphatic carbocycles. The molecule has 2 N–H and O–H groups in total. The van der Waals surface area contributed by atoms with Crippen molar-refractivity contribution >= 4 is 27.5 Å². The van der Waals surface area contributed by atoms with Gasteiger partial charge in [0.1, 0.15) is 5.82 Å².